The molecule has 0 saturated carbocycles. The molecule has 1 aromatic heterocycles. The summed E-state index contributed by atoms with van der Waals surface area (Å²) in [5, 5.41) is 11.9. The van der Waals surface area contributed by atoms with Crippen molar-refractivity contribution in [2.45, 2.75) is 0 Å². The fourth-order valence-electron chi connectivity index (χ4n) is 0.928. The Kier molecular flexibility index (Phi) is 2.15. The van der Waals surface area contributed by atoms with Gasteiger partial charge in [0.05, 0.1) is 0 Å². The predicted octanol–water partition coefficient (Wildman–Crippen LogP) is 0.272. The molecule has 1 heterocycles. The molecule has 4 nitrogen and oxygen atoms in total. The summed E-state index contributed by atoms with van der Waals surface area (Å²) < 4.78 is 1.61. The van der Waals surface area contributed by atoms with E-state index in [1.807, 2.05) is 30.3 Å². The number of benzene rings is 1. The van der Waals surface area contributed by atoms with E-state index in [1.54, 1.807) is 2.61 Å². The van der Waals surface area contributed by atoms with Gasteiger partial charge in [-0.05, 0) is 0 Å². The molecule has 5 heteroatoms. The molecular weight excluding hydrogens is 344 g/mol. The van der Waals surface area contributed by atoms with Crippen molar-refractivity contribution in [1.29, 1.82) is 0 Å². The van der Waals surface area contributed by atoms with E-state index < -0.39 is 0 Å². The van der Waals surface area contributed by atoms with E-state index in [-0.39, 0.29) is 0 Å². The third-order valence-electron chi connectivity index (χ3n) is 1.46. The van der Waals surface area contributed by atoms with Crippen LogP contribution in [0.4, 0.5) is 0 Å². The van der Waals surface area contributed by atoms with Gasteiger partial charge in [-0.1, -0.05) is 0 Å². The van der Waals surface area contributed by atoms with E-state index in [0.717, 1.165) is 5.56 Å². The molecule has 0 unspecified atom stereocenters. The maximum absolute atomic E-state index is 4.15. The van der Waals surface area contributed by atoms with Gasteiger partial charge in [0.15, 0.2) is 0 Å². The summed E-state index contributed by atoms with van der Waals surface area (Å²) in [6.07, 6.45) is 0. The van der Waals surface area contributed by atoms with Crippen molar-refractivity contribution < 1.29 is 0 Å². The molecule has 0 aliphatic heterocycles. The van der Waals surface area contributed by atoms with Gasteiger partial charge >= 0.3 is 85.8 Å². The van der Waals surface area contributed by atoms with Gasteiger partial charge in [-0.15, -0.1) is 0 Å². The summed E-state index contributed by atoms with van der Waals surface area (Å²) in [5.74, 6) is 0.707. The standard InChI is InChI=1S/C7H5N4.Tl/c1-2-4-6(5-3-1)7-8-10-11-9-7;/h1-5H;/q-1;+1. The summed E-state index contributed by atoms with van der Waals surface area (Å²) >= 11 is 0.583. The second kappa shape index (κ2) is 3.30. The number of aromatic nitrogens is 4. The zero-order valence-corrected chi connectivity index (χ0v) is 10.7. The van der Waals surface area contributed by atoms with Gasteiger partial charge in [-0.3, -0.25) is 0 Å². The minimum absolute atomic E-state index is 0.583. The van der Waals surface area contributed by atoms with Crippen LogP contribution in [-0.2, 0) is 0 Å². The van der Waals surface area contributed by atoms with Gasteiger partial charge in [0.1, 0.15) is 0 Å². The number of nitrogens with zero attached hydrogens (tertiary/aromatic N) is 4. The zero-order chi connectivity index (χ0) is 8.39. The van der Waals surface area contributed by atoms with Crippen LogP contribution in [0.3, 0.4) is 0 Å². The normalized spacial score (nSPS) is 9.92. The minimum atomic E-state index is 0.583. The first-order chi connectivity index (χ1) is 5.86. The number of hydrogen-bond donors (Lipinski definition) is 0. The van der Waals surface area contributed by atoms with Crippen molar-refractivity contribution in [3.8, 4) is 11.4 Å². The van der Waals surface area contributed by atoms with Crippen LogP contribution in [0.5, 0.6) is 0 Å². The van der Waals surface area contributed by atoms with Crippen molar-refractivity contribution in [1.82, 2.24) is 18.0 Å². The molecule has 0 aliphatic rings. The molecule has 0 aliphatic carbocycles. The molecule has 0 saturated heterocycles. The summed E-state index contributed by atoms with van der Waals surface area (Å²) in [6.45, 7) is 0. The van der Waals surface area contributed by atoms with E-state index in [0.29, 0.717) is 31.9 Å². The van der Waals surface area contributed by atoms with Crippen molar-refractivity contribution in [2.75, 3.05) is 0 Å². The predicted molar refractivity (Wildman–Crippen MR) is 44.4 cm³/mol. The number of rotatable bonds is 1. The van der Waals surface area contributed by atoms with Crippen molar-refractivity contribution >= 4 is 26.1 Å². The fourth-order valence-corrected chi connectivity index (χ4v) is 1.55. The van der Waals surface area contributed by atoms with E-state index in [1.165, 1.54) is 0 Å². The molecule has 0 N–H and O–H groups in total. The molecule has 1 aromatic carbocycles. The Labute approximate surface area is 85.7 Å². The van der Waals surface area contributed by atoms with Gasteiger partial charge < -0.3 is 0 Å². The summed E-state index contributed by atoms with van der Waals surface area (Å²) in [5.41, 5.74) is 1.02. The molecule has 2 rings (SSSR count). The summed E-state index contributed by atoms with van der Waals surface area (Å²) in [6, 6.07) is 9.84. The summed E-state index contributed by atoms with van der Waals surface area (Å²) in [4.78, 5) is 0. The number of hydrogen-bond acceptors (Lipinski definition) is 3. The Balaban J connectivity index is 2.45. The first kappa shape index (κ1) is 7.84. The van der Waals surface area contributed by atoms with Gasteiger partial charge in [0.2, 0.25) is 0 Å². The number of tetrazole rings is 1. The summed E-state index contributed by atoms with van der Waals surface area (Å²) in [7, 11) is 0. The Morgan fingerprint density at radius 2 is 1.92 bits per heavy atom. The molecule has 0 fully saturated rings. The second-order valence-electron chi connectivity index (χ2n) is 2.30. The Morgan fingerprint density at radius 3 is 2.50 bits per heavy atom. The first-order valence-electron chi connectivity index (χ1n) is 3.47. The Hall–Kier alpha value is -0.788. The molecule has 0 amide bonds. The molecule has 2 aromatic rings. The quantitative estimate of drug-likeness (QED) is 0.694. The fraction of sp³-hybridized carbons (Fsp3) is 0. The van der Waals surface area contributed by atoms with Gasteiger partial charge in [0.25, 0.3) is 0 Å². The van der Waals surface area contributed by atoms with Crippen LogP contribution >= 0.6 is 0 Å². The van der Waals surface area contributed by atoms with Crippen LogP contribution in [0, 0.1) is 0 Å². The first-order valence-corrected chi connectivity index (χ1v) is 5.47. The van der Waals surface area contributed by atoms with Crippen LogP contribution in [0.15, 0.2) is 30.3 Å². The van der Waals surface area contributed by atoms with Gasteiger partial charge in [0, 0.05) is 0 Å². The third-order valence-corrected chi connectivity index (χ3v) is 2.31. The monoisotopic (exact) mass is 350 g/mol. The SMILES string of the molecule is [Tl][n]1nnc(-c2ccccc2)n1. The van der Waals surface area contributed by atoms with Crippen LogP contribution in [0.25, 0.3) is 11.4 Å². The zero-order valence-electron chi connectivity index (χ0n) is 6.25. The molecular formula is C7H5N4Tl. The Morgan fingerprint density at radius 1 is 1.17 bits per heavy atom. The third kappa shape index (κ3) is 1.52. The van der Waals surface area contributed by atoms with E-state index in [9.17, 15) is 0 Å². The van der Waals surface area contributed by atoms with E-state index in [4.69, 9.17) is 0 Å². The molecule has 12 heavy (non-hydrogen) atoms. The van der Waals surface area contributed by atoms with Crippen LogP contribution in [0.1, 0.15) is 0 Å². The van der Waals surface area contributed by atoms with Gasteiger partial charge in [-0.25, -0.2) is 0 Å². The average Bonchev–Trinajstić information content (AvgIpc) is 2.54. The van der Waals surface area contributed by atoms with Crippen LogP contribution < -0.4 is 0 Å². The van der Waals surface area contributed by atoms with E-state index >= 15 is 0 Å². The molecule has 56 valence electrons. The van der Waals surface area contributed by atoms with Crippen molar-refractivity contribution in [3.63, 3.8) is 0 Å². The van der Waals surface area contributed by atoms with Crippen molar-refractivity contribution in [3.05, 3.63) is 30.3 Å². The molecule has 0 spiro atoms. The van der Waals surface area contributed by atoms with Crippen LogP contribution in [0.2, 0.25) is 0 Å². The van der Waals surface area contributed by atoms with Crippen molar-refractivity contribution in [2.24, 2.45) is 0 Å². The molecule has 0 atom stereocenters. The van der Waals surface area contributed by atoms with Crippen LogP contribution in [-0.4, -0.2) is 44.1 Å². The molecule has 0 bridgehead atoms. The van der Waals surface area contributed by atoms with E-state index in [2.05, 4.69) is 15.4 Å². The van der Waals surface area contributed by atoms with Gasteiger partial charge in [-0.2, -0.15) is 0 Å². The average molecular weight is 350 g/mol. The Bertz CT molecular complexity index is 370. The second-order valence-corrected chi connectivity index (χ2v) is 4.10. The molecule has 0 radical (unpaired) electrons. The maximum atomic E-state index is 4.15. The topological polar surface area (TPSA) is 43.6 Å².